The molecular formula is C38H25NS2. The first kappa shape index (κ1) is 23.3. The molecule has 41 heavy (non-hydrogen) atoms. The topological polar surface area (TPSA) is 4.93 Å². The number of benzene rings is 6. The van der Waals surface area contributed by atoms with Crippen molar-refractivity contribution in [2.45, 2.75) is 13.8 Å². The molecule has 0 aliphatic carbocycles. The van der Waals surface area contributed by atoms with E-state index in [4.69, 9.17) is 0 Å². The van der Waals surface area contributed by atoms with Gasteiger partial charge in [0.15, 0.2) is 0 Å². The number of hydrogen-bond donors (Lipinski definition) is 0. The summed E-state index contributed by atoms with van der Waals surface area (Å²) in [5, 5.41) is 7.98. The second-order valence-corrected chi connectivity index (χ2v) is 13.2. The van der Waals surface area contributed by atoms with Gasteiger partial charge in [0.1, 0.15) is 0 Å². The molecule has 0 saturated heterocycles. The van der Waals surface area contributed by atoms with E-state index in [1.54, 1.807) is 0 Å². The Morgan fingerprint density at radius 2 is 1.10 bits per heavy atom. The third-order valence-corrected chi connectivity index (χ3v) is 10.9. The Morgan fingerprint density at radius 3 is 1.88 bits per heavy atom. The van der Waals surface area contributed by atoms with Gasteiger partial charge in [0.05, 0.1) is 21.4 Å². The minimum Gasteiger partial charge on any atom is -0.308 e. The lowest BCUT2D eigenvalue weighted by Gasteiger charge is -2.09. The molecule has 9 rings (SSSR count). The predicted octanol–water partition coefficient (Wildman–Crippen LogP) is 11.8. The fourth-order valence-corrected chi connectivity index (χ4v) is 9.04. The molecule has 0 bridgehead atoms. The summed E-state index contributed by atoms with van der Waals surface area (Å²) in [4.78, 5) is 0. The Labute approximate surface area is 245 Å². The van der Waals surface area contributed by atoms with Crippen molar-refractivity contribution in [1.82, 2.24) is 4.57 Å². The second kappa shape index (κ2) is 8.53. The number of aromatic nitrogens is 1. The van der Waals surface area contributed by atoms with Gasteiger partial charge in [0.2, 0.25) is 0 Å². The Bertz CT molecular complexity index is 2440. The fraction of sp³-hybridized carbons (Fsp3) is 0.0526. The van der Waals surface area contributed by atoms with Crippen LogP contribution in [0.5, 0.6) is 0 Å². The van der Waals surface area contributed by atoms with Crippen molar-refractivity contribution in [2.24, 2.45) is 0 Å². The van der Waals surface area contributed by atoms with Crippen LogP contribution >= 0.6 is 22.7 Å². The van der Waals surface area contributed by atoms with Crippen LogP contribution in [0.15, 0.2) is 115 Å². The summed E-state index contributed by atoms with van der Waals surface area (Å²) in [6.45, 7) is 4.37. The molecule has 0 saturated carbocycles. The maximum absolute atomic E-state index is 2.47. The molecule has 0 aliphatic rings. The van der Waals surface area contributed by atoms with Crippen LogP contribution in [-0.2, 0) is 0 Å². The highest BCUT2D eigenvalue weighted by Crippen LogP contribution is 2.44. The molecule has 194 valence electrons. The minimum absolute atomic E-state index is 1.25. The third kappa shape index (κ3) is 3.34. The molecule has 3 heteroatoms. The molecule has 0 N–H and O–H groups in total. The van der Waals surface area contributed by atoms with E-state index >= 15 is 0 Å². The van der Waals surface area contributed by atoms with Crippen molar-refractivity contribution in [3.05, 3.63) is 126 Å². The maximum Gasteiger partial charge on any atom is 0.0640 e. The van der Waals surface area contributed by atoms with Gasteiger partial charge in [0.25, 0.3) is 0 Å². The van der Waals surface area contributed by atoms with Gasteiger partial charge in [-0.05, 0) is 73.5 Å². The van der Waals surface area contributed by atoms with E-state index in [1.807, 2.05) is 22.7 Å². The number of hydrogen-bond acceptors (Lipinski definition) is 2. The maximum atomic E-state index is 2.47. The van der Waals surface area contributed by atoms with Crippen LogP contribution in [-0.4, -0.2) is 4.57 Å². The molecule has 0 fully saturated rings. The van der Waals surface area contributed by atoms with E-state index in [0.717, 1.165) is 0 Å². The van der Waals surface area contributed by atoms with E-state index in [1.165, 1.54) is 90.1 Å². The zero-order chi connectivity index (χ0) is 27.2. The molecule has 0 amide bonds. The number of thiophene rings is 2. The lowest BCUT2D eigenvalue weighted by molar-refractivity contribution is 1.20. The highest BCUT2D eigenvalue weighted by molar-refractivity contribution is 7.26. The van der Waals surface area contributed by atoms with Crippen LogP contribution in [0.1, 0.15) is 11.1 Å². The fourth-order valence-electron chi connectivity index (χ4n) is 6.61. The molecule has 1 nitrogen and oxygen atoms in total. The van der Waals surface area contributed by atoms with Crippen molar-refractivity contribution in [2.75, 3.05) is 0 Å². The van der Waals surface area contributed by atoms with Gasteiger partial charge in [0, 0.05) is 46.4 Å². The molecule has 3 heterocycles. The predicted molar refractivity (Wildman–Crippen MR) is 181 cm³/mol. The van der Waals surface area contributed by atoms with Gasteiger partial charge >= 0.3 is 0 Å². The van der Waals surface area contributed by atoms with Gasteiger partial charge in [-0.1, -0.05) is 77.9 Å². The molecule has 0 aliphatic heterocycles. The van der Waals surface area contributed by atoms with Gasteiger partial charge in [-0.3, -0.25) is 0 Å². The average Bonchev–Trinajstić information content (AvgIpc) is 3.66. The monoisotopic (exact) mass is 559 g/mol. The molecule has 9 aromatic rings. The van der Waals surface area contributed by atoms with Crippen molar-refractivity contribution < 1.29 is 0 Å². The number of rotatable bonds is 2. The Kier molecular flexibility index (Phi) is 4.84. The highest BCUT2D eigenvalue weighted by atomic mass is 32.1. The summed E-state index contributed by atoms with van der Waals surface area (Å²) in [7, 11) is 0. The quantitative estimate of drug-likeness (QED) is 0.198. The first-order valence-corrected chi connectivity index (χ1v) is 15.6. The zero-order valence-electron chi connectivity index (χ0n) is 22.7. The van der Waals surface area contributed by atoms with Crippen LogP contribution in [0.3, 0.4) is 0 Å². The van der Waals surface area contributed by atoms with Crippen molar-refractivity contribution in [1.29, 1.82) is 0 Å². The number of nitrogens with zero attached hydrogens (tertiary/aromatic N) is 1. The van der Waals surface area contributed by atoms with Crippen LogP contribution in [0.4, 0.5) is 0 Å². The summed E-state index contributed by atoms with van der Waals surface area (Å²) in [5.41, 5.74) is 8.96. The van der Waals surface area contributed by atoms with Crippen LogP contribution in [0.2, 0.25) is 0 Å². The van der Waals surface area contributed by atoms with Gasteiger partial charge in [-0.15, -0.1) is 22.7 Å². The van der Waals surface area contributed by atoms with E-state index in [2.05, 4.69) is 134 Å². The third-order valence-electron chi connectivity index (χ3n) is 8.51. The number of fused-ring (bicyclic) bond motifs is 9. The van der Waals surface area contributed by atoms with Crippen LogP contribution in [0.25, 0.3) is 79.0 Å². The van der Waals surface area contributed by atoms with Crippen LogP contribution < -0.4 is 0 Å². The molecule has 0 unspecified atom stereocenters. The Balaban J connectivity index is 1.31. The van der Waals surface area contributed by atoms with Gasteiger partial charge < -0.3 is 4.57 Å². The Morgan fingerprint density at radius 1 is 0.463 bits per heavy atom. The van der Waals surface area contributed by atoms with E-state index < -0.39 is 0 Å². The van der Waals surface area contributed by atoms with Gasteiger partial charge in [-0.25, -0.2) is 0 Å². The van der Waals surface area contributed by atoms with Crippen LogP contribution in [0, 0.1) is 13.8 Å². The molecule has 3 aromatic heterocycles. The standard InChI is InChI=1S/C38H25NS2/c1-22-13-16-32-29(19-22)30-20-23(2)14-17-33(30)39(32)34-11-6-10-28-31-21-24(15-18-36(31)41-38(28)34)25-8-5-9-27-26-7-3-4-12-35(26)40-37(25)27/h3-21H,1-2H3. The summed E-state index contributed by atoms with van der Waals surface area (Å²) >= 11 is 3.80. The smallest absolute Gasteiger partial charge is 0.0640 e. The summed E-state index contributed by atoms with van der Waals surface area (Å²) in [6.07, 6.45) is 0. The highest BCUT2D eigenvalue weighted by Gasteiger charge is 2.18. The molecule has 0 spiro atoms. The second-order valence-electron chi connectivity index (χ2n) is 11.1. The summed E-state index contributed by atoms with van der Waals surface area (Å²) in [6, 6.07) is 43.1. The molecule has 6 aromatic carbocycles. The summed E-state index contributed by atoms with van der Waals surface area (Å²) in [5.74, 6) is 0. The minimum atomic E-state index is 1.25. The normalized spacial score (nSPS) is 12.1. The van der Waals surface area contributed by atoms with E-state index in [9.17, 15) is 0 Å². The molecule has 0 radical (unpaired) electrons. The van der Waals surface area contributed by atoms with Crippen molar-refractivity contribution >= 4 is 84.8 Å². The zero-order valence-corrected chi connectivity index (χ0v) is 24.4. The molecular weight excluding hydrogens is 535 g/mol. The lowest BCUT2D eigenvalue weighted by atomic mass is 10.0. The number of aryl methyl sites for hydroxylation is 2. The Hall–Kier alpha value is -4.44. The average molecular weight is 560 g/mol. The van der Waals surface area contributed by atoms with Crippen molar-refractivity contribution in [3.8, 4) is 16.8 Å². The van der Waals surface area contributed by atoms with Gasteiger partial charge in [-0.2, -0.15) is 0 Å². The summed E-state index contributed by atoms with van der Waals surface area (Å²) < 4.78 is 7.84. The first-order valence-electron chi connectivity index (χ1n) is 14.0. The van der Waals surface area contributed by atoms with E-state index in [-0.39, 0.29) is 0 Å². The van der Waals surface area contributed by atoms with E-state index in [0.29, 0.717) is 0 Å². The largest absolute Gasteiger partial charge is 0.308 e. The van der Waals surface area contributed by atoms with Crippen molar-refractivity contribution in [3.63, 3.8) is 0 Å². The lowest BCUT2D eigenvalue weighted by Crippen LogP contribution is -1.94. The SMILES string of the molecule is Cc1ccc2c(c1)c1cc(C)ccc1n2-c1cccc2c1sc1ccc(-c3cccc4c3sc3ccccc34)cc12. The molecule has 0 atom stereocenters. The first-order chi connectivity index (χ1) is 20.1.